The molecule has 1 heterocycles. The lowest BCUT2D eigenvalue weighted by atomic mass is 9.81. The summed E-state index contributed by atoms with van der Waals surface area (Å²) in [5.74, 6) is 0.571. The largest absolute Gasteiger partial charge is 0.303 e. The van der Waals surface area contributed by atoms with Crippen LogP contribution in [0.2, 0.25) is 0 Å². The Morgan fingerprint density at radius 3 is 2.59 bits per heavy atom. The van der Waals surface area contributed by atoms with Crippen LogP contribution in [0.4, 0.5) is 0 Å². The predicted octanol–water partition coefficient (Wildman–Crippen LogP) is 3.08. The van der Waals surface area contributed by atoms with Crippen molar-refractivity contribution in [1.82, 2.24) is 4.67 Å². The van der Waals surface area contributed by atoms with E-state index in [-0.39, 0.29) is 5.92 Å². The summed E-state index contributed by atoms with van der Waals surface area (Å²) in [5, 5.41) is 0. The highest BCUT2D eigenvalue weighted by Gasteiger charge is 2.27. The minimum atomic E-state index is 0.0711. The Hall–Kier alpha value is 0.01000. The lowest BCUT2D eigenvalue weighted by Gasteiger charge is -2.32. The Kier molecular flexibility index (Phi) is 4.95. The Morgan fingerprint density at radius 2 is 2.00 bits per heavy atom. The van der Waals surface area contributed by atoms with Gasteiger partial charge in [-0.3, -0.25) is 4.67 Å². The van der Waals surface area contributed by atoms with E-state index >= 15 is 0 Å². The number of aldehydes is 1. The molecule has 0 aliphatic carbocycles. The molecule has 0 spiro atoms. The number of hydrogen-bond donors (Lipinski definition) is 0. The molecule has 2 atom stereocenters. The van der Waals surface area contributed by atoms with Gasteiger partial charge in [0.1, 0.15) is 6.29 Å². The fourth-order valence-corrected chi connectivity index (χ4v) is 3.51. The standard InChI is InChI=1S/C13H17INOP/c14-13-4-2-1-3-11(13)12(9-16)10-5-7-15(17)8-6-10/h1-4,9-10,12H,5-8,17H2. The maximum Gasteiger partial charge on any atom is 0.127 e. The highest BCUT2D eigenvalue weighted by atomic mass is 127. The number of nitrogens with zero attached hydrogens (tertiary/aromatic N) is 1. The summed E-state index contributed by atoms with van der Waals surface area (Å²) < 4.78 is 3.46. The van der Waals surface area contributed by atoms with Crippen molar-refractivity contribution in [2.75, 3.05) is 13.1 Å². The zero-order valence-electron chi connectivity index (χ0n) is 9.68. The van der Waals surface area contributed by atoms with Gasteiger partial charge in [0, 0.05) is 22.6 Å². The molecule has 1 saturated heterocycles. The molecule has 92 valence electrons. The van der Waals surface area contributed by atoms with Crippen LogP contribution in [0, 0.1) is 9.49 Å². The average Bonchev–Trinajstić information content (AvgIpc) is 2.35. The maximum absolute atomic E-state index is 11.4. The first-order valence-electron chi connectivity index (χ1n) is 5.91. The molecule has 1 aliphatic rings. The van der Waals surface area contributed by atoms with Crippen molar-refractivity contribution in [1.29, 1.82) is 0 Å². The van der Waals surface area contributed by atoms with Gasteiger partial charge in [-0.15, -0.1) is 0 Å². The van der Waals surface area contributed by atoms with Crippen molar-refractivity contribution in [3.63, 3.8) is 0 Å². The number of benzene rings is 1. The molecule has 1 fully saturated rings. The molecular formula is C13H17INOP. The number of halogens is 1. The van der Waals surface area contributed by atoms with Gasteiger partial charge < -0.3 is 4.79 Å². The molecular weight excluding hydrogens is 344 g/mol. The van der Waals surface area contributed by atoms with E-state index in [9.17, 15) is 4.79 Å². The number of piperidine rings is 1. The molecule has 0 amide bonds. The van der Waals surface area contributed by atoms with Crippen LogP contribution in [-0.2, 0) is 4.79 Å². The van der Waals surface area contributed by atoms with Gasteiger partial charge in [-0.05, 0) is 53.0 Å². The molecule has 2 nitrogen and oxygen atoms in total. The third-order valence-electron chi connectivity index (χ3n) is 3.49. The van der Waals surface area contributed by atoms with E-state index < -0.39 is 0 Å². The zero-order valence-corrected chi connectivity index (χ0v) is 13.0. The minimum Gasteiger partial charge on any atom is -0.303 e. The van der Waals surface area contributed by atoms with Gasteiger partial charge in [0.15, 0.2) is 0 Å². The normalized spacial score (nSPS) is 20.1. The summed E-state index contributed by atoms with van der Waals surface area (Å²) in [6.07, 6.45) is 3.36. The number of rotatable bonds is 3. The van der Waals surface area contributed by atoms with E-state index in [1.165, 1.54) is 9.13 Å². The average molecular weight is 361 g/mol. The minimum absolute atomic E-state index is 0.0711. The van der Waals surface area contributed by atoms with E-state index in [2.05, 4.69) is 48.8 Å². The molecule has 0 N–H and O–H groups in total. The third kappa shape index (κ3) is 3.27. The van der Waals surface area contributed by atoms with Gasteiger partial charge in [0.2, 0.25) is 0 Å². The Balaban J connectivity index is 2.17. The molecule has 1 aromatic carbocycles. The quantitative estimate of drug-likeness (QED) is 0.469. The predicted molar refractivity (Wildman–Crippen MR) is 82.0 cm³/mol. The van der Waals surface area contributed by atoms with Crippen molar-refractivity contribution in [3.05, 3.63) is 33.4 Å². The molecule has 17 heavy (non-hydrogen) atoms. The molecule has 0 saturated carbocycles. The first-order valence-corrected chi connectivity index (χ1v) is 7.51. The summed E-state index contributed by atoms with van der Waals surface area (Å²) in [7, 11) is 2.75. The Bertz CT molecular complexity index is 391. The smallest absolute Gasteiger partial charge is 0.127 e. The van der Waals surface area contributed by atoms with Crippen LogP contribution in [0.25, 0.3) is 0 Å². The van der Waals surface area contributed by atoms with Gasteiger partial charge in [-0.25, -0.2) is 0 Å². The number of carbonyl (C=O) groups excluding carboxylic acids is 1. The highest BCUT2D eigenvalue weighted by Crippen LogP contribution is 2.34. The van der Waals surface area contributed by atoms with Gasteiger partial charge in [0.05, 0.1) is 0 Å². The van der Waals surface area contributed by atoms with Crippen LogP contribution in [0.1, 0.15) is 24.3 Å². The van der Waals surface area contributed by atoms with Crippen molar-refractivity contribution >= 4 is 38.3 Å². The summed E-state index contributed by atoms with van der Waals surface area (Å²) >= 11 is 2.33. The van der Waals surface area contributed by atoms with Crippen LogP contribution in [-0.4, -0.2) is 24.0 Å². The van der Waals surface area contributed by atoms with E-state index in [0.29, 0.717) is 5.92 Å². The van der Waals surface area contributed by atoms with Crippen LogP contribution in [0.5, 0.6) is 0 Å². The van der Waals surface area contributed by atoms with Crippen LogP contribution in [0.15, 0.2) is 24.3 Å². The van der Waals surface area contributed by atoms with Crippen LogP contribution >= 0.6 is 32.0 Å². The molecule has 1 aromatic rings. The van der Waals surface area contributed by atoms with Crippen molar-refractivity contribution in [3.8, 4) is 0 Å². The molecule has 0 radical (unpaired) electrons. The summed E-state index contributed by atoms with van der Waals surface area (Å²) in [6.45, 7) is 2.15. The number of carbonyl (C=O) groups is 1. The molecule has 2 rings (SSSR count). The molecule has 1 aliphatic heterocycles. The van der Waals surface area contributed by atoms with Gasteiger partial charge >= 0.3 is 0 Å². The highest BCUT2D eigenvalue weighted by molar-refractivity contribution is 14.1. The SMILES string of the molecule is O=CC(c1ccccc1I)C1CCN(P)CC1. The second-order valence-corrected chi connectivity index (χ2v) is 6.45. The lowest BCUT2D eigenvalue weighted by Crippen LogP contribution is -2.30. The lowest BCUT2D eigenvalue weighted by molar-refractivity contribution is -0.110. The first kappa shape index (κ1) is 13.4. The Morgan fingerprint density at radius 1 is 1.35 bits per heavy atom. The maximum atomic E-state index is 11.4. The molecule has 0 bridgehead atoms. The fourth-order valence-electron chi connectivity index (χ4n) is 2.46. The Labute approximate surface area is 119 Å². The summed E-state index contributed by atoms with van der Waals surface area (Å²) in [4.78, 5) is 11.4. The summed E-state index contributed by atoms with van der Waals surface area (Å²) in [5.41, 5.74) is 1.20. The topological polar surface area (TPSA) is 20.3 Å². The molecule has 0 aromatic heterocycles. The van der Waals surface area contributed by atoms with Crippen LogP contribution < -0.4 is 0 Å². The second kappa shape index (κ2) is 6.26. The van der Waals surface area contributed by atoms with Crippen molar-refractivity contribution < 1.29 is 4.79 Å². The van der Waals surface area contributed by atoms with Gasteiger partial charge in [-0.1, -0.05) is 27.6 Å². The van der Waals surface area contributed by atoms with E-state index in [1.54, 1.807) is 0 Å². The van der Waals surface area contributed by atoms with Crippen LogP contribution in [0.3, 0.4) is 0 Å². The van der Waals surface area contributed by atoms with Crippen molar-refractivity contribution in [2.24, 2.45) is 5.92 Å². The monoisotopic (exact) mass is 361 g/mol. The fraction of sp³-hybridized carbons (Fsp3) is 0.462. The third-order valence-corrected chi connectivity index (χ3v) is 4.99. The number of hydrogen-bond acceptors (Lipinski definition) is 2. The van der Waals surface area contributed by atoms with E-state index in [1.807, 2.05) is 12.1 Å². The second-order valence-electron chi connectivity index (χ2n) is 4.56. The molecule has 2 unspecified atom stereocenters. The summed E-state index contributed by atoms with van der Waals surface area (Å²) in [6, 6.07) is 8.22. The van der Waals surface area contributed by atoms with E-state index in [4.69, 9.17) is 0 Å². The van der Waals surface area contributed by atoms with E-state index in [0.717, 1.165) is 32.2 Å². The zero-order chi connectivity index (χ0) is 12.3. The molecule has 4 heteroatoms. The van der Waals surface area contributed by atoms with Crippen molar-refractivity contribution in [2.45, 2.75) is 18.8 Å². The first-order chi connectivity index (χ1) is 8.22. The van der Waals surface area contributed by atoms with Gasteiger partial charge in [0.25, 0.3) is 0 Å². The van der Waals surface area contributed by atoms with Gasteiger partial charge in [-0.2, -0.15) is 0 Å².